The van der Waals surface area contributed by atoms with Gasteiger partial charge in [-0.1, -0.05) is 110 Å². The largest absolute Gasteiger partial charge is 0.323 e. The van der Waals surface area contributed by atoms with Gasteiger partial charge in [0.05, 0.1) is 25.1 Å². The third-order valence-corrected chi connectivity index (χ3v) is 22.7. The summed E-state index contributed by atoms with van der Waals surface area (Å²) in [6.07, 6.45) is 13.5. The van der Waals surface area contributed by atoms with Gasteiger partial charge >= 0.3 is 0 Å². The second kappa shape index (κ2) is 17.5. The molecule has 2 unspecified atom stereocenters. The van der Waals surface area contributed by atoms with Gasteiger partial charge in [0.1, 0.15) is 7.14 Å². The molecule has 0 radical (unpaired) electrons. The first kappa shape index (κ1) is 33.9. The lowest BCUT2D eigenvalue weighted by atomic mass is 10.4. The summed E-state index contributed by atoms with van der Waals surface area (Å²) in [6, 6.07) is 9.92. The van der Waals surface area contributed by atoms with Crippen LogP contribution in [0.5, 0.6) is 0 Å². The van der Waals surface area contributed by atoms with E-state index < -0.39 is 21.4 Å². The van der Waals surface area contributed by atoms with E-state index in [2.05, 4.69) is 41.5 Å². The molecule has 0 aliphatic rings. The minimum Gasteiger partial charge on any atom is -0.323 e. The summed E-state index contributed by atoms with van der Waals surface area (Å²) in [7, 11) is -8.75. The standard InChI is InChI=1S/C30H57O3P3/c1-7-13-24-34(31,25-14-8-2)29(20-11-5)36(33,28-22-18-17-19-23-28)30(21-12-6)35(32,26-15-9-3)27-16-10-4/h17-19,22-23,29-30H,7-16,20-21,24-27H2,1-6H3. The molecule has 0 fully saturated rings. The van der Waals surface area contributed by atoms with Crippen LogP contribution < -0.4 is 5.30 Å². The molecule has 3 nitrogen and oxygen atoms in total. The van der Waals surface area contributed by atoms with Gasteiger partial charge in [0.15, 0.2) is 0 Å². The van der Waals surface area contributed by atoms with Crippen LogP contribution >= 0.6 is 21.4 Å². The van der Waals surface area contributed by atoms with Crippen LogP contribution in [0, 0.1) is 0 Å². The van der Waals surface area contributed by atoms with Crippen molar-refractivity contribution in [3.05, 3.63) is 30.3 Å². The predicted octanol–water partition coefficient (Wildman–Crippen LogP) is 10.9. The summed E-state index contributed by atoms with van der Waals surface area (Å²) in [6.45, 7) is 12.9. The van der Waals surface area contributed by atoms with Crippen molar-refractivity contribution < 1.29 is 13.7 Å². The Morgan fingerprint density at radius 3 is 1.14 bits per heavy atom. The van der Waals surface area contributed by atoms with Gasteiger partial charge in [-0.25, -0.2) is 0 Å². The van der Waals surface area contributed by atoms with Gasteiger partial charge in [-0.2, -0.15) is 0 Å². The summed E-state index contributed by atoms with van der Waals surface area (Å²) in [5, 5.41) is 0.149. The van der Waals surface area contributed by atoms with Gasteiger partial charge in [-0.3, -0.25) is 0 Å². The highest BCUT2D eigenvalue weighted by Crippen LogP contribution is 2.79. The first-order valence-corrected chi connectivity index (χ1v) is 21.2. The SMILES string of the molecule is CCCCP(=O)(CCCC)C(CCC)P(=O)(c1ccccc1)C(CCC)P(=O)(CCCC)CCCC. The number of unbranched alkanes of at least 4 members (excludes halogenated alkanes) is 4. The average molecular weight is 559 g/mol. The number of benzene rings is 1. The van der Waals surface area contributed by atoms with E-state index in [4.69, 9.17) is 0 Å². The zero-order valence-electron chi connectivity index (χ0n) is 24.4. The van der Waals surface area contributed by atoms with Crippen LogP contribution in [0.4, 0.5) is 0 Å². The van der Waals surface area contributed by atoms with Crippen LogP contribution in [0.3, 0.4) is 0 Å². The normalized spacial score (nSPS) is 15.9. The molecule has 0 heterocycles. The molecule has 0 amide bonds. The Morgan fingerprint density at radius 2 is 0.861 bits per heavy atom. The Balaban J connectivity index is 3.95. The van der Waals surface area contributed by atoms with E-state index in [0.29, 0.717) is 37.5 Å². The van der Waals surface area contributed by atoms with Gasteiger partial charge in [0, 0.05) is 30.0 Å². The zero-order valence-corrected chi connectivity index (χ0v) is 27.1. The van der Waals surface area contributed by atoms with E-state index in [-0.39, 0.29) is 10.8 Å². The van der Waals surface area contributed by atoms with E-state index in [1.165, 1.54) is 0 Å². The molecular formula is C30H57O3P3. The first-order valence-electron chi connectivity index (χ1n) is 15.0. The maximum atomic E-state index is 16.0. The molecule has 2 atom stereocenters. The Kier molecular flexibility index (Phi) is 16.5. The van der Waals surface area contributed by atoms with E-state index in [0.717, 1.165) is 69.5 Å². The van der Waals surface area contributed by atoms with Crippen molar-refractivity contribution >= 4 is 26.7 Å². The van der Waals surface area contributed by atoms with Crippen molar-refractivity contribution in [1.29, 1.82) is 0 Å². The summed E-state index contributed by atoms with van der Waals surface area (Å²) in [4.78, 5) is 0. The molecule has 0 spiro atoms. The molecular weight excluding hydrogens is 501 g/mol. The Hall–Kier alpha value is -0.0900. The van der Waals surface area contributed by atoms with Crippen molar-refractivity contribution in [2.45, 2.75) is 129 Å². The highest BCUT2D eigenvalue weighted by Gasteiger charge is 2.54. The van der Waals surface area contributed by atoms with E-state index in [1.807, 2.05) is 30.3 Å². The van der Waals surface area contributed by atoms with Crippen molar-refractivity contribution in [2.24, 2.45) is 0 Å². The lowest BCUT2D eigenvalue weighted by Gasteiger charge is -2.42. The second-order valence-corrected chi connectivity index (χ2v) is 21.6. The van der Waals surface area contributed by atoms with Crippen LogP contribution in [0.2, 0.25) is 0 Å². The molecule has 1 rings (SSSR count). The van der Waals surface area contributed by atoms with Gasteiger partial charge in [0.25, 0.3) is 0 Å². The van der Waals surface area contributed by atoms with Crippen molar-refractivity contribution in [1.82, 2.24) is 0 Å². The second-order valence-electron chi connectivity index (χ2n) is 10.8. The number of hydrogen-bond donors (Lipinski definition) is 0. The molecule has 0 aliphatic carbocycles. The molecule has 0 bridgehead atoms. The Labute approximate surface area is 224 Å². The average Bonchev–Trinajstić information content (AvgIpc) is 2.90. The van der Waals surface area contributed by atoms with E-state index >= 15 is 13.7 Å². The topological polar surface area (TPSA) is 51.2 Å². The Bertz CT molecular complexity index is 780. The fourth-order valence-corrected chi connectivity index (χ4v) is 23.7. The maximum absolute atomic E-state index is 16.0. The predicted molar refractivity (Wildman–Crippen MR) is 165 cm³/mol. The molecule has 0 saturated heterocycles. The minimum atomic E-state index is -3.26. The summed E-state index contributed by atoms with van der Waals surface area (Å²) in [5.41, 5.74) is 0. The molecule has 6 heteroatoms. The molecule has 1 aromatic carbocycles. The third kappa shape index (κ3) is 8.99. The van der Waals surface area contributed by atoms with Gasteiger partial charge in [0.2, 0.25) is 0 Å². The fraction of sp³-hybridized carbons (Fsp3) is 0.800. The zero-order chi connectivity index (χ0) is 27.1. The molecule has 36 heavy (non-hydrogen) atoms. The lowest BCUT2D eigenvalue weighted by molar-refractivity contribution is 0.543. The van der Waals surface area contributed by atoms with Crippen LogP contribution in [0.15, 0.2) is 30.3 Å². The van der Waals surface area contributed by atoms with Crippen LogP contribution in [-0.2, 0) is 13.7 Å². The molecule has 0 aromatic heterocycles. The summed E-state index contributed by atoms with van der Waals surface area (Å²) < 4.78 is 46.1. The van der Waals surface area contributed by atoms with Crippen LogP contribution in [-0.4, -0.2) is 35.4 Å². The monoisotopic (exact) mass is 558 g/mol. The summed E-state index contributed by atoms with van der Waals surface area (Å²) >= 11 is 0. The Morgan fingerprint density at radius 1 is 0.528 bits per heavy atom. The minimum absolute atomic E-state index is 0.344. The highest BCUT2D eigenvalue weighted by molar-refractivity contribution is 7.92. The van der Waals surface area contributed by atoms with Gasteiger partial charge < -0.3 is 13.7 Å². The smallest absolute Gasteiger partial charge is 0.135 e. The maximum Gasteiger partial charge on any atom is 0.135 e. The first-order chi connectivity index (χ1) is 17.2. The summed E-state index contributed by atoms with van der Waals surface area (Å²) in [5.74, 6) is 0. The quantitative estimate of drug-likeness (QED) is 0.141. The lowest BCUT2D eigenvalue weighted by Crippen LogP contribution is -2.30. The third-order valence-electron chi connectivity index (χ3n) is 7.79. The van der Waals surface area contributed by atoms with Gasteiger partial charge in [-0.05, 0) is 38.5 Å². The highest BCUT2D eigenvalue weighted by atomic mass is 31.2. The molecule has 0 N–H and O–H groups in total. The number of hydrogen-bond acceptors (Lipinski definition) is 3. The van der Waals surface area contributed by atoms with E-state index in [9.17, 15) is 0 Å². The molecule has 0 saturated carbocycles. The molecule has 1 aromatic rings. The van der Waals surface area contributed by atoms with Crippen LogP contribution in [0.1, 0.15) is 119 Å². The van der Waals surface area contributed by atoms with Crippen molar-refractivity contribution in [2.75, 3.05) is 24.6 Å². The fourth-order valence-electron chi connectivity index (χ4n) is 5.72. The van der Waals surface area contributed by atoms with Gasteiger partial charge in [-0.15, -0.1) is 0 Å². The molecule has 0 aliphatic heterocycles. The van der Waals surface area contributed by atoms with Crippen LogP contribution in [0.25, 0.3) is 0 Å². The van der Waals surface area contributed by atoms with E-state index in [1.54, 1.807) is 0 Å². The number of rotatable bonds is 21. The van der Waals surface area contributed by atoms with Crippen molar-refractivity contribution in [3.8, 4) is 0 Å². The molecule has 210 valence electrons. The van der Waals surface area contributed by atoms with Crippen molar-refractivity contribution in [3.63, 3.8) is 0 Å².